The van der Waals surface area contributed by atoms with Crippen LogP contribution < -0.4 is 5.32 Å². The van der Waals surface area contributed by atoms with Crippen LogP contribution in [0.2, 0.25) is 0 Å². The first-order valence-electron chi connectivity index (χ1n) is 7.34. The number of aryl methyl sites for hydroxylation is 2. The fourth-order valence-corrected chi connectivity index (χ4v) is 2.39. The summed E-state index contributed by atoms with van der Waals surface area (Å²) in [6.07, 6.45) is 0. The van der Waals surface area contributed by atoms with Crippen molar-refractivity contribution in [2.45, 2.75) is 20.5 Å². The summed E-state index contributed by atoms with van der Waals surface area (Å²) in [4.78, 5) is 28.5. The third-order valence-electron chi connectivity index (χ3n) is 3.62. The first-order valence-corrected chi connectivity index (χ1v) is 7.34. The molecule has 0 spiro atoms. The van der Waals surface area contributed by atoms with Crippen LogP contribution in [0, 0.1) is 13.8 Å². The lowest BCUT2D eigenvalue weighted by Gasteiger charge is -2.13. The molecule has 2 aromatic rings. The van der Waals surface area contributed by atoms with E-state index < -0.39 is 11.9 Å². The number of nitrogens with zero attached hydrogens (tertiary/aromatic N) is 1. The van der Waals surface area contributed by atoms with E-state index in [1.54, 1.807) is 50.2 Å². The van der Waals surface area contributed by atoms with Crippen LogP contribution in [0.5, 0.6) is 0 Å². The fraction of sp³-hybridized carbons (Fsp3) is 0.176. The van der Waals surface area contributed by atoms with Gasteiger partial charge in [0, 0.05) is 5.69 Å². The average Bonchev–Trinajstić information content (AvgIpc) is 2.55. The van der Waals surface area contributed by atoms with Crippen LogP contribution >= 0.6 is 0 Å². The molecule has 0 aliphatic carbocycles. The molecule has 0 saturated carbocycles. The van der Waals surface area contributed by atoms with Crippen molar-refractivity contribution < 1.29 is 29.9 Å². The Labute approximate surface area is 143 Å². The number of nitrogens with one attached hydrogen (secondary N) is 1. The predicted molar refractivity (Wildman–Crippen MR) is 87.5 cm³/mol. The van der Waals surface area contributed by atoms with Crippen molar-refractivity contribution in [3.63, 3.8) is 0 Å². The van der Waals surface area contributed by atoms with Gasteiger partial charge >= 0.3 is 5.97 Å². The van der Waals surface area contributed by atoms with Crippen molar-refractivity contribution in [3.05, 3.63) is 64.2 Å². The summed E-state index contributed by atoms with van der Waals surface area (Å²) in [6, 6.07) is 9.81. The highest BCUT2D eigenvalue weighted by molar-refractivity contribution is 6.12. The maximum atomic E-state index is 12.5. The molecule has 0 aliphatic rings. The minimum Gasteiger partial charge on any atom is -0.478 e. The lowest BCUT2D eigenvalue weighted by molar-refractivity contribution is -0.497. The maximum Gasteiger partial charge on any atom is 0.336 e. The molecular formula is C17H18N2O6. The second-order valence-electron chi connectivity index (χ2n) is 5.43. The van der Waals surface area contributed by atoms with Crippen LogP contribution in [0.25, 0.3) is 0 Å². The normalized spacial score (nSPS) is 10.8. The second kappa shape index (κ2) is 7.86. The Hall–Kier alpha value is -2.78. The number of amides is 1. The molecule has 8 nitrogen and oxygen atoms in total. The third-order valence-corrected chi connectivity index (χ3v) is 3.62. The molecule has 0 aliphatic heterocycles. The molecule has 2 aromatic carbocycles. The lowest BCUT2D eigenvalue weighted by atomic mass is 9.96. The topological polar surface area (TPSA) is 119 Å². The number of carbonyl (C=O) groups is 2. The lowest BCUT2D eigenvalue weighted by Crippen LogP contribution is -2.19. The van der Waals surface area contributed by atoms with E-state index in [-0.39, 0.29) is 23.1 Å². The number of hydrogen-bond acceptors (Lipinski definition) is 6. The molecule has 0 fully saturated rings. The molecule has 0 heterocycles. The van der Waals surface area contributed by atoms with Crippen molar-refractivity contribution in [2.24, 2.45) is 0 Å². The molecule has 4 N–H and O–H groups in total. The highest BCUT2D eigenvalue weighted by Gasteiger charge is 2.21. The molecule has 2 rings (SSSR count). The largest absolute Gasteiger partial charge is 0.478 e. The molecule has 0 atom stereocenters. The van der Waals surface area contributed by atoms with Gasteiger partial charge in [-0.3, -0.25) is 15.2 Å². The summed E-state index contributed by atoms with van der Waals surface area (Å²) in [5.74, 6) is -1.67. The Morgan fingerprint density at radius 1 is 1.00 bits per heavy atom. The van der Waals surface area contributed by atoms with Crippen molar-refractivity contribution in [1.29, 1.82) is 0 Å². The summed E-state index contributed by atoms with van der Waals surface area (Å²) in [7, 11) is 0. The summed E-state index contributed by atoms with van der Waals surface area (Å²) < 4.78 is 0. The van der Waals surface area contributed by atoms with E-state index in [4.69, 9.17) is 10.4 Å². The van der Waals surface area contributed by atoms with Gasteiger partial charge < -0.3 is 10.4 Å². The molecule has 0 radical (unpaired) electrons. The van der Waals surface area contributed by atoms with Crippen LogP contribution in [0.15, 0.2) is 36.4 Å². The number of rotatable bonds is 6. The van der Waals surface area contributed by atoms with Crippen LogP contribution in [0.1, 0.15) is 37.4 Å². The zero-order valence-corrected chi connectivity index (χ0v) is 13.7. The Balaban J connectivity index is 2.20. The van der Waals surface area contributed by atoms with Gasteiger partial charge in [0.1, 0.15) is 0 Å². The van der Waals surface area contributed by atoms with E-state index >= 15 is 0 Å². The van der Waals surface area contributed by atoms with E-state index in [2.05, 4.69) is 10.2 Å². The quantitative estimate of drug-likeness (QED) is 0.594. The number of benzene rings is 2. The predicted octanol–water partition coefficient (Wildman–Crippen LogP) is 2.77. The van der Waals surface area contributed by atoms with Crippen molar-refractivity contribution >= 4 is 17.6 Å². The zero-order chi connectivity index (χ0) is 18.6. The van der Waals surface area contributed by atoms with Crippen LogP contribution in [0.4, 0.5) is 5.69 Å². The highest BCUT2D eigenvalue weighted by Crippen LogP contribution is 2.21. The maximum absolute atomic E-state index is 12.5. The van der Waals surface area contributed by atoms with Crippen LogP contribution in [-0.4, -0.2) is 32.8 Å². The number of hydrogen-bond donors (Lipinski definition) is 4. The van der Waals surface area contributed by atoms with E-state index in [9.17, 15) is 14.7 Å². The Bertz CT molecular complexity index is 786. The van der Waals surface area contributed by atoms with E-state index in [1.165, 1.54) is 0 Å². The van der Waals surface area contributed by atoms with Crippen molar-refractivity contribution in [1.82, 2.24) is 5.39 Å². The Morgan fingerprint density at radius 2 is 1.56 bits per heavy atom. The molecule has 0 bridgehead atoms. The molecule has 8 heteroatoms. The molecule has 132 valence electrons. The van der Waals surface area contributed by atoms with Gasteiger partial charge in [-0.05, 0) is 42.7 Å². The minimum atomic E-state index is -1.16. The number of carbonyl (C=O) groups excluding carboxylic acids is 1. The van der Waals surface area contributed by atoms with Gasteiger partial charge in [0.25, 0.3) is 5.91 Å². The third kappa shape index (κ3) is 4.61. The van der Waals surface area contributed by atoms with Crippen molar-refractivity contribution in [2.75, 3.05) is 5.32 Å². The smallest absolute Gasteiger partial charge is 0.336 e. The van der Waals surface area contributed by atoms with Crippen molar-refractivity contribution in [3.8, 4) is 0 Å². The first kappa shape index (κ1) is 18.6. The number of carboxylic acid groups (broad SMARTS) is 1. The highest BCUT2D eigenvalue weighted by atomic mass is 17.1. The van der Waals surface area contributed by atoms with E-state index in [0.29, 0.717) is 22.4 Å². The number of aromatic carboxylic acids is 1. The fourth-order valence-electron chi connectivity index (χ4n) is 2.39. The molecule has 0 unspecified atom stereocenters. The zero-order valence-electron chi connectivity index (χ0n) is 13.7. The summed E-state index contributed by atoms with van der Waals surface area (Å²) in [5.41, 5.74) is 2.29. The minimum absolute atomic E-state index is 0.0199. The van der Waals surface area contributed by atoms with Gasteiger partial charge in [-0.25, -0.2) is 9.63 Å². The van der Waals surface area contributed by atoms with E-state index in [1.807, 2.05) is 0 Å². The first-order chi connectivity index (χ1) is 11.8. The van der Waals surface area contributed by atoms with Crippen LogP contribution in [-0.2, 0) is 11.4 Å². The summed E-state index contributed by atoms with van der Waals surface area (Å²) >= 11 is 0. The standard InChI is InChI=1S/C17H18N2O6/c1-10-3-4-11(2)15(17(21)22)14(10)16(20)18-13-7-5-12(6-8-13)9-25-19(23)24/h3-8,23-24H,9H2,1-2H3,(H,18,20)(H,21,22). The van der Waals surface area contributed by atoms with E-state index in [0.717, 1.165) is 0 Å². The van der Waals surface area contributed by atoms with Gasteiger partial charge in [-0.1, -0.05) is 24.3 Å². The Kier molecular flexibility index (Phi) is 5.84. The molecule has 0 aromatic heterocycles. The number of anilines is 1. The SMILES string of the molecule is Cc1ccc(C)c(C(=O)Nc2ccc(CON(O)O)cc2)c1C(=O)O. The Morgan fingerprint density at radius 3 is 2.08 bits per heavy atom. The van der Waals surface area contributed by atoms with Gasteiger partial charge in [-0.15, -0.1) is 0 Å². The molecule has 1 amide bonds. The molecule has 25 heavy (non-hydrogen) atoms. The van der Waals surface area contributed by atoms with Gasteiger partial charge in [-0.2, -0.15) is 0 Å². The monoisotopic (exact) mass is 346 g/mol. The summed E-state index contributed by atoms with van der Waals surface area (Å²) in [5, 5.41) is 28.7. The molecule has 0 saturated heterocycles. The van der Waals surface area contributed by atoms with Gasteiger partial charge in [0.2, 0.25) is 0 Å². The van der Waals surface area contributed by atoms with Crippen LogP contribution in [0.3, 0.4) is 0 Å². The molecular weight excluding hydrogens is 328 g/mol. The van der Waals surface area contributed by atoms with Gasteiger partial charge in [0.05, 0.1) is 23.1 Å². The average molecular weight is 346 g/mol. The number of carboxylic acids is 1. The van der Waals surface area contributed by atoms with Gasteiger partial charge in [0.15, 0.2) is 0 Å². The second-order valence-corrected chi connectivity index (χ2v) is 5.43. The summed E-state index contributed by atoms with van der Waals surface area (Å²) in [6.45, 7) is 3.25.